The third-order valence-electron chi connectivity index (χ3n) is 4.31. The van der Waals surface area contributed by atoms with Crippen LogP contribution in [0.3, 0.4) is 0 Å². The summed E-state index contributed by atoms with van der Waals surface area (Å²) in [7, 11) is 4.65. The molecule has 0 saturated carbocycles. The van der Waals surface area contributed by atoms with Crippen LogP contribution in [0.15, 0.2) is 36.4 Å². The standard InChI is InChI=1S/C21H23N5O4/c1-23-16-11-17(24-2)18(10-15(16)21(29)25-9-8-19(27)30-3)26-20(28)14-6-4-13(12-22)5-7-14/h4-7,10-11,23-24H,8-9H2,1-3H3,(H,25,29)(H,26,28). The van der Waals surface area contributed by atoms with Gasteiger partial charge in [0.15, 0.2) is 0 Å². The molecular weight excluding hydrogens is 386 g/mol. The lowest BCUT2D eigenvalue weighted by Crippen LogP contribution is -2.27. The largest absolute Gasteiger partial charge is 0.469 e. The Morgan fingerprint density at radius 1 is 0.967 bits per heavy atom. The Hall–Kier alpha value is -4.06. The summed E-state index contributed by atoms with van der Waals surface area (Å²) in [6.45, 7) is 0.120. The summed E-state index contributed by atoms with van der Waals surface area (Å²) in [5.74, 6) is -1.21. The first-order valence-electron chi connectivity index (χ1n) is 9.13. The molecule has 0 unspecified atom stereocenters. The Balaban J connectivity index is 2.26. The predicted octanol–water partition coefficient (Wildman–Crippen LogP) is 2.19. The van der Waals surface area contributed by atoms with Gasteiger partial charge in [0.05, 0.1) is 42.1 Å². The molecule has 0 aliphatic heterocycles. The van der Waals surface area contributed by atoms with E-state index in [1.54, 1.807) is 50.5 Å². The molecule has 0 heterocycles. The van der Waals surface area contributed by atoms with Crippen LogP contribution < -0.4 is 21.3 Å². The molecule has 2 aromatic rings. The van der Waals surface area contributed by atoms with Crippen LogP contribution in [-0.4, -0.2) is 45.5 Å². The number of carbonyl (C=O) groups is 3. The van der Waals surface area contributed by atoms with E-state index in [4.69, 9.17) is 5.26 Å². The highest BCUT2D eigenvalue weighted by atomic mass is 16.5. The topological polar surface area (TPSA) is 132 Å². The van der Waals surface area contributed by atoms with Crippen molar-refractivity contribution < 1.29 is 19.1 Å². The van der Waals surface area contributed by atoms with Crippen molar-refractivity contribution in [3.63, 3.8) is 0 Å². The Morgan fingerprint density at radius 3 is 2.20 bits per heavy atom. The molecule has 0 aliphatic carbocycles. The molecule has 4 N–H and O–H groups in total. The number of hydrogen-bond donors (Lipinski definition) is 4. The molecule has 0 aromatic heterocycles. The zero-order valence-corrected chi connectivity index (χ0v) is 17.0. The van der Waals surface area contributed by atoms with Gasteiger partial charge in [-0.2, -0.15) is 5.26 Å². The maximum atomic E-state index is 12.6. The van der Waals surface area contributed by atoms with Crippen molar-refractivity contribution in [2.45, 2.75) is 6.42 Å². The summed E-state index contributed by atoms with van der Waals surface area (Å²) in [6.07, 6.45) is 0.0496. The zero-order valence-electron chi connectivity index (χ0n) is 17.0. The summed E-state index contributed by atoms with van der Waals surface area (Å²) < 4.78 is 4.56. The molecule has 2 rings (SSSR count). The minimum atomic E-state index is -0.426. The highest BCUT2D eigenvalue weighted by Crippen LogP contribution is 2.30. The lowest BCUT2D eigenvalue weighted by Gasteiger charge is -2.17. The van der Waals surface area contributed by atoms with Gasteiger partial charge in [0.2, 0.25) is 0 Å². The molecule has 0 aliphatic rings. The van der Waals surface area contributed by atoms with Crippen molar-refractivity contribution in [1.82, 2.24) is 5.32 Å². The number of esters is 1. The number of nitriles is 1. The van der Waals surface area contributed by atoms with E-state index in [-0.39, 0.29) is 18.9 Å². The van der Waals surface area contributed by atoms with Crippen LogP contribution in [-0.2, 0) is 9.53 Å². The van der Waals surface area contributed by atoms with Crippen molar-refractivity contribution in [3.05, 3.63) is 53.1 Å². The molecule has 0 bridgehead atoms. The van der Waals surface area contributed by atoms with Gasteiger partial charge in [-0.15, -0.1) is 0 Å². The second-order valence-electron chi connectivity index (χ2n) is 6.17. The molecule has 0 saturated heterocycles. The highest BCUT2D eigenvalue weighted by Gasteiger charge is 2.17. The number of hydrogen-bond acceptors (Lipinski definition) is 7. The minimum Gasteiger partial charge on any atom is -0.469 e. The summed E-state index contributed by atoms with van der Waals surface area (Å²) in [5, 5.41) is 20.3. The van der Waals surface area contributed by atoms with Crippen LogP contribution in [0.1, 0.15) is 32.7 Å². The molecule has 2 amide bonds. The van der Waals surface area contributed by atoms with Crippen LogP contribution in [0.4, 0.5) is 17.1 Å². The van der Waals surface area contributed by atoms with Gasteiger partial charge in [-0.3, -0.25) is 14.4 Å². The molecule has 0 radical (unpaired) electrons. The number of methoxy groups -OCH3 is 1. The van der Waals surface area contributed by atoms with Gasteiger partial charge in [0.1, 0.15) is 0 Å². The maximum Gasteiger partial charge on any atom is 0.307 e. The van der Waals surface area contributed by atoms with E-state index in [1.807, 2.05) is 6.07 Å². The lowest BCUT2D eigenvalue weighted by molar-refractivity contribution is -0.140. The average Bonchev–Trinajstić information content (AvgIpc) is 2.78. The first kappa shape index (κ1) is 22.2. The smallest absolute Gasteiger partial charge is 0.307 e. The quantitative estimate of drug-likeness (QED) is 0.491. The monoisotopic (exact) mass is 409 g/mol. The van der Waals surface area contributed by atoms with E-state index >= 15 is 0 Å². The molecule has 2 aromatic carbocycles. The molecule has 9 nitrogen and oxygen atoms in total. The number of nitrogens with zero attached hydrogens (tertiary/aromatic N) is 1. The number of anilines is 3. The normalized spacial score (nSPS) is 9.80. The summed E-state index contributed by atoms with van der Waals surface area (Å²) >= 11 is 0. The van der Waals surface area contributed by atoms with Gasteiger partial charge >= 0.3 is 5.97 Å². The van der Waals surface area contributed by atoms with E-state index in [0.29, 0.717) is 33.8 Å². The Morgan fingerprint density at radius 2 is 1.63 bits per heavy atom. The number of benzene rings is 2. The first-order valence-corrected chi connectivity index (χ1v) is 9.13. The van der Waals surface area contributed by atoms with Crippen molar-refractivity contribution in [2.75, 3.05) is 43.7 Å². The van der Waals surface area contributed by atoms with Crippen molar-refractivity contribution in [1.29, 1.82) is 5.26 Å². The fourth-order valence-corrected chi connectivity index (χ4v) is 2.67. The minimum absolute atomic E-state index is 0.0496. The third-order valence-corrected chi connectivity index (χ3v) is 4.31. The second kappa shape index (κ2) is 10.5. The molecule has 0 atom stereocenters. The van der Waals surface area contributed by atoms with Crippen molar-refractivity contribution >= 4 is 34.8 Å². The van der Waals surface area contributed by atoms with Gasteiger partial charge in [-0.1, -0.05) is 0 Å². The van der Waals surface area contributed by atoms with Crippen LogP contribution in [0, 0.1) is 11.3 Å². The first-order chi connectivity index (χ1) is 14.4. The van der Waals surface area contributed by atoms with E-state index in [0.717, 1.165) is 0 Å². The molecule has 30 heavy (non-hydrogen) atoms. The van der Waals surface area contributed by atoms with Gasteiger partial charge in [-0.25, -0.2) is 0 Å². The summed E-state index contributed by atoms with van der Waals surface area (Å²) in [6, 6.07) is 11.5. The molecule has 9 heteroatoms. The number of carbonyl (C=O) groups excluding carboxylic acids is 3. The van der Waals surface area contributed by atoms with Crippen LogP contribution >= 0.6 is 0 Å². The molecule has 156 valence electrons. The van der Waals surface area contributed by atoms with Crippen molar-refractivity contribution in [2.24, 2.45) is 0 Å². The van der Waals surface area contributed by atoms with Gasteiger partial charge in [0.25, 0.3) is 11.8 Å². The van der Waals surface area contributed by atoms with Gasteiger partial charge in [-0.05, 0) is 36.4 Å². The van der Waals surface area contributed by atoms with Crippen LogP contribution in [0.25, 0.3) is 0 Å². The van der Waals surface area contributed by atoms with Gasteiger partial charge in [0, 0.05) is 31.9 Å². The van der Waals surface area contributed by atoms with E-state index in [9.17, 15) is 14.4 Å². The number of rotatable bonds is 8. The summed E-state index contributed by atoms with van der Waals surface area (Å²) in [5.41, 5.74) is 2.68. The number of nitrogens with one attached hydrogen (secondary N) is 4. The maximum absolute atomic E-state index is 12.6. The van der Waals surface area contributed by atoms with E-state index < -0.39 is 11.9 Å². The Kier molecular flexibility index (Phi) is 7.76. The Bertz CT molecular complexity index is 980. The number of ether oxygens (including phenoxy) is 1. The predicted molar refractivity (Wildman–Crippen MR) is 114 cm³/mol. The van der Waals surface area contributed by atoms with E-state index in [1.165, 1.54) is 7.11 Å². The summed E-state index contributed by atoms with van der Waals surface area (Å²) in [4.78, 5) is 36.4. The molecular formula is C21H23N5O4. The van der Waals surface area contributed by atoms with Crippen molar-refractivity contribution in [3.8, 4) is 6.07 Å². The highest BCUT2D eigenvalue weighted by molar-refractivity contribution is 6.08. The Labute approximate surface area is 174 Å². The fraction of sp³-hybridized carbons (Fsp3) is 0.238. The fourth-order valence-electron chi connectivity index (χ4n) is 2.67. The van der Waals surface area contributed by atoms with Crippen LogP contribution in [0.5, 0.6) is 0 Å². The third kappa shape index (κ3) is 5.48. The SMILES string of the molecule is CNc1cc(NC)c(C(=O)NCCC(=O)OC)cc1NC(=O)c1ccc(C#N)cc1. The number of amides is 2. The molecule has 0 fully saturated rings. The lowest BCUT2D eigenvalue weighted by atomic mass is 10.1. The van der Waals surface area contributed by atoms with Gasteiger partial charge < -0.3 is 26.0 Å². The van der Waals surface area contributed by atoms with Crippen LogP contribution in [0.2, 0.25) is 0 Å². The molecule has 0 spiro atoms. The average molecular weight is 409 g/mol. The zero-order chi connectivity index (χ0) is 22.1. The second-order valence-corrected chi connectivity index (χ2v) is 6.17. The van der Waals surface area contributed by atoms with E-state index in [2.05, 4.69) is 26.0 Å².